The highest BCUT2D eigenvalue weighted by Crippen LogP contribution is 2.38. The number of nitrogens with one attached hydrogen (secondary N) is 1. The fourth-order valence-electron chi connectivity index (χ4n) is 2.61. The van der Waals surface area contributed by atoms with Gasteiger partial charge in [0.15, 0.2) is 0 Å². The molecule has 0 saturated carbocycles. The Kier molecular flexibility index (Phi) is 2.85. The minimum atomic E-state index is -0.169. The third kappa shape index (κ3) is 2.09. The smallest absolute Gasteiger partial charge is 0.226 e. The first kappa shape index (κ1) is 12.8. The van der Waals surface area contributed by atoms with E-state index in [1.54, 1.807) is 6.20 Å². The predicted molar refractivity (Wildman–Crippen MR) is 76.5 cm³/mol. The van der Waals surface area contributed by atoms with Crippen LogP contribution in [0.5, 0.6) is 0 Å². The molecular formula is C15H18N4O. The van der Waals surface area contributed by atoms with E-state index in [0.29, 0.717) is 6.42 Å². The van der Waals surface area contributed by atoms with Crippen LogP contribution in [-0.4, -0.2) is 20.7 Å². The van der Waals surface area contributed by atoms with Crippen LogP contribution in [0.1, 0.15) is 44.2 Å². The van der Waals surface area contributed by atoms with Gasteiger partial charge in [0, 0.05) is 30.3 Å². The molecule has 104 valence electrons. The number of carbonyl (C=O) groups is 1. The number of nitrogens with zero attached hydrogens (tertiary/aromatic N) is 3. The highest BCUT2D eigenvalue weighted by atomic mass is 16.1. The van der Waals surface area contributed by atoms with Gasteiger partial charge in [0.05, 0.1) is 11.7 Å². The largest absolute Gasteiger partial charge is 0.311 e. The Balaban J connectivity index is 2.11. The predicted octanol–water partition coefficient (Wildman–Crippen LogP) is 2.51. The van der Waals surface area contributed by atoms with Crippen molar-refractivity contribution < 1.29 is 4.79 Å². The molecule has 0 radical (unpaired) electrons. The average Bonchev–Trinajstić information content (AvgIpc) is 2.82. The molecule has 5 heteroatoms. The third-order valence-electron chi connectivity index (χ3n) is 3.54. The molecule has 0 fully saturated rings. The Morgan fingerprint density at radius 3 is 2.80 bits per heavy atom. The molecule has 1 N–H and O–H groups in total. The highest BCUT2D eigenvalue weighted by molar-refractivity contribution is 5.94. The molecule has 0 aromatic carbocycles. The van der Waals surface area contributed by atoms with Crippen LogP contribution in [0.2, 0.25) is 0 Å². The number of fused-ring (bicyclic) bond motifs is 1. The lowest BCUT2D eigenvalue weighted by Crippen LogP contribution is -2.30. The van der Waals surface area contributed by atoms with Crippen LogP contribution < -0.4 is 5.32 Å². The first-order valence-corrected chi connectivity index (χ1v) is 6.75. The van der Waals surface area contributed by atoms with Crippen molar-refractivity contribution in [2.75, 3.05) is 5.32 Å². The van der Waals surface area contributed by atoms with E-state index in [-0.39, 0.29) is 17.4 Å². The van der Waals surface area contributed by atoms with Crippen molar-refractivity contribution in [2.45, 2.75) is 38.6 Å². The van der Waals surface area contributed by atoms with Gasteiger partial charge in [-0.2, -0.15) is 5.10 Å². The van der Waals surface area contributed by atoms with Crippen LogP contribution in [0.4, 0.5) is 5.82 Å². The Morgan fingerprint density at radius 1 is 1.35 bits per heavy atom. The van der Waals surface area contributed by atoms with Gasteiger partial charge in [-0.25, -0.2) is 4.68 Å². The summed E-state index contributed by atoms with van der Waals surface area (Å²) >= 11 is 0. The molecular weight excluding hydrogens is 252 g/mol. The summed E-state index contributed by atoms with van der Waals surface area (Å²) in [4.78, 5) is 16.2. The number of hydrogen-bond donors (Lipinski definition) is 1. The molecule has 0 aliphatic carbocycles. The summed E-state index contributed by atoms with van der Waals surface area (Å²) in [5.41, 5.74) is 1.95. The van der Waals surface area contributed by atoms with Crippen molar-refractivity contribution in [3.63, 3.8) is 0 Å². The van der Waals surface area contributed by atoms with Gasteiger partial charge < -0.3 is 5.32 Å². The highest BCUT2D eigenvalue weighted by Gasteiger charge is 2.32. The van der Waals surface area contributed by atoms with Gasteiger partial charge in [-0.1, -0.05) is 6.07 Å². The lowest BCUT2D eigenvalue weighted by molar-refractivity contribution is -0.116. The molecule has 2 aromatic rings. The molecule has 3 rings (SSSR count). The van der Waals surface area contributed by atoms with Crippen LogP contribution >= 0.6 is 0 Å². The zero-order valence-corrected chi connectivity index (χ0v) is 11.9. The molecule has 1 atom stereocenters. The van der Waals surface area contributed by atoms with E-state index >= 15 is 0 Å². The number of hydrogen-bond acceptors (Lipinski definition) is 3. The Bertz CT molecular complexity index is 640. The summed E-state index contributed by atoms with van der Waals surface area (Å²) in [6, 6.07) is 3.91. The molecule has 1 aliphatic rings. The van der Waals surface area contributed by atoms with Crippen molar-refractivity contribution in [3.05, 3.63) is 41.9 Å². The lowest BCUT2D eigenvalue weighted by atomic mass is 9.88. The third-order valence-corrected chi connectivity index (χ3v) is 3.54. The van der Waals surface area contributed by atoms with Crippen molar-refractivity contribution >= 4 is 11.7 Å². The molecule has 2 aromatic heterocycles. The number of anilines is 1. The molecule has 0 saturated heterocycles. The van der Waals surface area contributed by atoms with Crippen LogP contribution in [0.3, 0.4) is 0 Å². The van der Waals surface area contributed by atoms with E-state index < -0.39 is 0 Å². The van der Waals surface area contributed by atoms with Crippen LogP contribution in [0.25, 0.3) is 0 Å². The van der Waals surface area contributed by atoms with E-state index in [1.807, 2.05) is 29.2 Å². The summed E-state index contributed by atoms with van der Waals surface area (Å²) in [6.07, 6.45) is 5.86. The second kappa shape index (κ2) is 4.44. The quantitative estimate of drug-likeness (QED) is 0.866. The van der Waals surface area contributed by atoms with Crippen molar-refractivity contribution in [2.24, 2.45) is 0 Å². The van der Waals surface area contributed by atoms with E-state index in [4.69, 9.17) is 0 Å². The molecule has 5 nitrogen and oxygen atoms in total. The average molecular weight is 270 g/mol. The summed E-state index contributed by atoms with van der Waals surface area (Å²) < 4.78 is 1.88. The van der Waals surface area contributed by atoms with Gasteiger partial charge in [-0.05, 0) is 32.4 Å². The first-order chi connectivity index (χ1) is 9.47. The fraction of sp³-hybridized carbons (Fsp3) is 0.400. The molecule has 0 bridgehead atoms. The van der Waals surface area contributed by atoms with E-state index in [9.17, 15) is 4.79 Å². The van der Waals surface area contributed by atoms with E-state index in [1.165, 1.54) is 0 Å². The van der Waals surface area contributed by atoms with Gasteiger partial charge in [-0.15, -0.1) is 0 Å². The monoisotopic (exact) mass is 270 g/mol. The number of pyridine rings is 1. The summed E-state index contributed by atoms with van der Waals surface area (Å²) in [5, 5.41) is 7.42. The van der Waals surface area contributed by atoms with Crippen molar-refractivity contribution in [1.82, 2.24) is 14.8 Å². The molecule has 0 spiro atoms. The van der Waals surface area contributed by atoms with Gasteiger partial charge in [0.1, 0.15) is 5.82 Å². The minimum absolute atomic E-state index is 0.0253. The SMILES string of the molecule is CC(C)(C)n1ncc2c1NC(=O)C[C@@H]2c1cccnc1. The zero-order valence-electron chi connectivity index (χ0n) is 11.9. The van der Waals surface area contributed by atoms with Gasteiger partial charge >= 0.3 is 0 Å². The van der Waals surface area contributed by atoms with Gasteiger partial charge in [0.25, 0.3) is 0 Å². The van der Waals surface area contributed by atoms with E-state index in [2.05, 4.69) is 36.2 Å². The molecule has 20 heavy (non-hydrogen) atoms. The molecule has 1 aliphatic heterocycles. The van der Waals surface area contributed by atoms with Crippen molar-refractivity contribution in [1.29, 1.82) is 0 Å². The van der Waals surface area contributed by atoms with Crippen LogP contribution in [0, 0.1) is 0 Å². The number of aromatic nitrogens is 3. The van der Waals surface area contributed by atoms with Crippen LogP contribution in [0.15, 0.2) is 30.7 Å². The number of carbonyl (C=O) groups excluding carboxylic acids is 1. The minimum Gasteiger partial charge on any atom is -0.311 e. The van der Waals surface area contributed by atoms with Gasteiger partial charge in [0.2, 0.25) is 5.91 Å². The molecule has 3 heterocycles. The summed E-state index contributed by atoms with van der Waals surface area (Å²) in [5.74, 6) is 0.864. The Hall–Kier alpha value is -2.17. The molecule has 0 unspecified atom stereocenters. The Labute approximate surface area is 118 Å². The number of rotatable bonds is 1. The molecule has 1 amide bonds. The first-order valence-electron chi connectivity index (χ1n) is 6.75. The lowest BCUT2D eigenvalue weighted by Gasteiger charge is -2.27. The maximum Gasteiger partial charge on any atom is 0.226 e. The summed E-state index contributed by atoms with van der Waals surface area (Å²) in [7, 11) is 0. The maximum atomic E-state index is 12.0. The second-order valence-corrected chi connectivity index (χ2v) is 6.12. The topological polar surface area (TPSA) is 59.8 Å². The van der Waals surface area contributed by atoms with Crippen LogP contribution in [-0.2, 0) is 10.3 Å². The number of amides is 1. The maximum absolute atomic E-state index is 12.0. The summed E-state index contributed by atoms with van der Waals surface area (Å²) in [6.45, 7) is 6.21. The van der Waals surface area contributed by atoms with Crippen molar-refractivity contribution in [3.8, 4) is 0 Å². The standard InChI is InChI=1S/C15H18N4O/c1-15(2,3)19-14-12(9-17-19)11(7-13(20)18-14)10-5-4-6-16-8-10/h4-6,8-9,11H,7H2,1-3H3,(H,18,20)/t11-/m1/s1. The second-order valence-electron chi connectivity index (χ2n) is 6.12. The fourth-order valence-corrected chi connectivity index (χ4v) is 2.61. The normalized spacial score (nSPS) is 18.6. The Morgan fingerprint density at radius 2 is 2.15 bits per heavy atom. The van der Waals surface area contributed by atoms with Gasteiger partial charge in [-0.3, -0.25) is 9.78 Å². The van der Waals surface area contributed by atoms with E-state index in [0.717, 1.165) is 16.9 Å². The zero-order chi connectivity index (χ0) is 14.3.